The molecule has 0 saturated heterocycles. The third-order valence-electron chi connectivity index (χ3n) is 2.63. The highest BCUT2D eigenvalue weighted by Gasteiger charge is 2.11. The van der Waals surface area contributed by atoms with E-state index >= 15 is 0 Å². The Bertz CT molecular complexity index is 585. The maximum atomic E-state index is 12.0. The number of hydrogen-bond donors (Lipinski definition) is 1. The van der Waals surface area contributed by atoms with E-state index in [4.69, 9.17) is 4.74 Å². The van der Waals surface area contributed by atoms with Gasteiger partial charge in [0.1, 0.15) is 0 Å². The zero-order chi connectivity index (χ0) is 14.5. The highest BCUT2D eigenvalue weighted by molar-refractivity contribution is 7.20. The first-order valence-electron chi connectivity index (χ1n) is 6.52. The van der Waals surface area contributed by atoms with Gasteiger partial charge in [-0.15, -0.1) is 11.3 Å². The number of carbonyl (C=O) groups is 2. The van der Waals surface area contributed by atoms with E-state index in [1.165, 1.54) is 11.3 Å². The van der Waals surface area contributed by atoms with Crippen LogP contribution >= 0.6 is 11.3 Å². The number of carbonyl (C=O) groups excluding carboxylic acids is 2. The van der Waals surface area contributed by atoms with Gasteiger partial charge in [-0.1, -0.05) is 18.2 Å². The highest BCUT2D eigenvalue weighted by atomic mass is 32.1. The Kier molecular flexibility index (Phi) is 4.74. The second kappa shape index (κ2) is 6.52. The molecule has 1 heterocycles. The molecule has 0 radical (unpaired) electrons. The summed E-state index contributed by atoms with van der Waals surface area (Å²) in [6, 6.07) is 9.71. The second-order valence-corrected chi connectivity index (χ2v) is 5.78. The van der Waals surface area contributed by atoms with Crippen LogP contribution in [-0.4, -0.2) is 24.5 Å². The summed E-state index contributed by atoms with van der Waals surface area (Å²) >= 11 is 1.45. The van der Waals surface area contributed by atoms with Gasteiger partial charge in [-0.25, -0.2) is 0 Å². The third-order valence-corrected chi connectivity index (χ3v) is 3.75. The number of fused-ring (bicyclic) bond motifs is 1. The monoisotopic (exact) mass is 291 g/mol. The fourth-order valence-corrected chi connectivity index (χ4v) is 2.76. The van der Waals surface area contributed by atoms with Crippen molar-refractivity contribution in [3.05, 3.63) is 35.2 Å². The van der Waals surface area contributed by atoms with Crippen molar-refractivity contribution >= 4 is 33.3 Å². The smallest absolute Gasteiger partial charge is 0.307 e. The van der Waals surface area contributed by atoms with Gasteiger partial charge in [0.05, 0.1) is 17.4 Å². The topological polar surface area (TPSA) is 55.4 Å². The Balaban J connectivity index is 1.87. The molecule has 0 fully saturated rings. The largest absolute Gasteiger partial charge is 0.463 e. The molecule has 0 saturated carbocycles. The van der Waals surface area contributed by atoms with E-state index in [-0.39, 0.29) is 24.4 Å². The fraction of sp³-hybridized carbons (Fsp3) is 0.333. The standard InChI is InChI=1S/C15H17NO3S/c1-10(2)19-14(17)7-8-16-15(18)13-9-11-5-3-4-6-12(11)20-13/h3-6,9-10H,7-8H2,1-2H3,(H,16,18). The van der Waals surface area contributed by atoms with Crippen LogP contribution in [0.15, 0.2) is 30.3 Å². The lowest BCUT2D eigenvalue weighted by molar-refractivity contribution is -0.147. The van der Waals surface area contributed by atoms with Crippen molar-refractivity contribution in [3.8, 4) is 0 Å². The Labute approximate surface area is 121 Å². The summed E-state index contributed by atoms with van der Waals surface area (Å²) in [6.07, 6.45) is 0.0650. The summed E-state index contributed by atoms with van der Waals surface area (Å²) in [6.45, 7) is 3.89. The summed E-state index contributed by atoms with van der Waals surface area (Å²) in [5, 5.41) is 3.79. The van der Waals surface area contributed by atoms with Gasteiger partial charge < -0.3 is 10.1 Å². The number of esters is 1. The van der Waals surface area contributed by atoms with Crippen LogP contribution < -0.4 is 5.32 Å². The molecule has 106 valence electrons. The van der Waals surface area contributed by atoms with Gasteiger partial charge in [0, 0.05) is 11.2 Å². The molecule has 0 bridgehead atoms. The number of amides is 1. The number of rotatable bonds is 5. The quantitative estimate of drug-likeness (QED) is 0.862. The van der Waals surface area contributed by atoms with Crippen LogP contribution in [0.3, 0.4) is 0 Å². The van der Waals surface area contributed by atoms with E-state index < -0.39 is 0 Å². The van der Waals surface area contributed by atoms with Crippen LogP contribution in [0.1, 0.15) is 29.9 Å². The van der Waals surface area contributed by atoms with Gasteiger partial charge in [-0.3, -0.25) is 9.59 Å². The molecule has 1 N–H and O–H groups in total. The molecule has 5 heteroatoms. The Morgan fingerprint density at radius 2 is 2.05 bits per heavy atom. The van der Waals surface area contributed by atoms with Crippen LogP contribution in [-0.2, 0) is 9.53 Å². The molecular weight excluding hydrogens is 274 g/mol. The summed E-state index contributed by atoms with van der Waals surface area (Å²) < 4.78 is 6.08. The van der Waals surface area contributed by atoms with Crippen molar-refractivity contribution in [3.63, 3.8) is 0 Å². The zero-order valence-electron chi connectivity index (χ0n) is 11.5. The van der Waals surface area contributed by atoms with E-state index in [0.717, 1.165) is 10.1 Å². The molecule has 1 aromatic heterocycles. The molecular formula is C15H17NO3S. The predicted molar refractivity (Wildman–Crippen MR) is 80.0 cm³/mol. The molecule has 2 rings (SSSR count). The number of thiophene rings is 1. The Morgan fingerprint density at radius 3 is 2.75 bits per heavy atom. The summed E-state index contributed by atoms with van der Waals surface area (Å²) in [5.41, 5.74) is 0. The van der Waals surface area contributed by atoms with Crippen LogP contribution in [0.25, 0.3) is 10.1 Å². The van der Waals surface area contributed by atoms with Gasteiger partial charge in [0.15, 0.2) is 0 Å². The first-order valence-corrected chi connectivity index (χ1v) is 7.34. The van der Waals surface area contributed by atoms with E-state index in [0.29, 0.717) is 11.4 Å². The number of nitrogens with one attached hydrogen (secondary N) is 1. The summed E-state index contributed by atoms with van der Waals surface area (Å²) in [5.74, 6) is -0.444. The van der Waals surface area contributed by atoms with Gasteiger partial charge in [-0.2, -0.15) is 0 Å². The third kappa shape index (κ3) is 3.81. The molecule has 0 aliphatic carbocycles. The molecule has 0 atom stereocenters. The van der Waals surface area contributed by atoms with E-state index in [1.807, 2.05) is 30.3 Å². The van der Waals surface area contributed by atoms with Crippen LogP contribution in [0.2, 0.25) is 0 Å². The van der Waals surface area contributed by atoms with Crippen LogP contribution in [0, 0.1) is 0 Å². The van der Waals surface area contributed by atoms with E-state index in [9.17, 15) is 9.59 Å². The Morgan fingerprint density at radius 1 is 1.30 bits per heavy atom. The lowest BCUT2D eigenvalue weighted by Crippen LogP contribution is -2.26. The average Bonchev–Trinajstić information content (AvgIpc) is 2.81. The SMILES string of the molecule is CC(C)OC(=O)CCNC(=O)c1cc2ccccc2s1. The summed E-state index contributed by atoms with van der Waals surface area (Å²) in [7, 11) is 0. The zero-order valence-corrected chi connectivity index (χ0v) is 12.3. The maximum Gasteiger partial charge on any atom is 0.307 e. The molecule has 1 amide bonds. The number of ether oxygens (including phenoxy) is 1. The van der Waals surface area contributed by atoms with Crippen molar-refractivity contribution in [1.29, 1.82) is 0 Å². The normalized spacial score (nSPS) is 10.8. The van der Waals surface area contributed by atoms with Crippen molar-refractivity contribution in [1.82, 2.24) is 5.32 Å². The lowest BCUT2D eigenvalue weighted by atomic mass is 10.2. The number of benzene rings is 1. The lowest BCUT2D eigenvalue weighted by Gasteiger charge is -2.07. The van der Waals surface area contributed by atoms with Gasteiger partial charge in [-0.05, 0) is 31.4 Å². The van der Waals surface area contributed by atoms with Gasteiger partial charge in [0.2, 0.25) is 0 Å². The molecule has 2 aromatic rings. The minimum Gasteiger partial charge on any atom is -0.463 e. The molecule has 1 aromatic carbocycles. The van der Waals surface area contributed by atoms with Crippen molar-refractivity contribution in [2.24, 2.45) is 0 Å². The molecule has 0 aliphatic heterocycles. The maximum absolute atomic E-state index is 12.0. The fourth-order valence-electron chi connectivity index (χ4n) is 1.78. The van der Waals surface area contributed by atoms with Crippen LogP contribution in [0.4, 0.5) is 0 Å². The second-order valence-electron chi connectivity index (χ2n) is 4.69. The van der Waals surface area contributed by atoms with Crippen molar-refractivity contribution in [2.75, 3.05) is 6.54 Å². The summed E-state index contributed by atoms with van der Waals surface area (Å²) in [4.78, 5) is 24.0. The van der Waals surface area contributed by atoms with Crippen molar-refractivity contribution < 1.29 is 14.3 Å². The van der Waals surface area contributed by atoms with Gasteiger partial charge in [0.25, 0.3) is 5.91 Å². The predicted octanol–water partition coefficient (Wildman–Crippen LogP) is 2.97. The van der Waals surface area contributed by atoms with Gasteiger partial charge >= 0.3 is 5.97 Å². The minimum absolute atomic E-state index is 0.124. The minimum atomic E-state index is -0.295. The van der Waals surface area contributed by atoms with E-state index in [1.54, 1.807) is 13.8 Å². The molecule has 0 aliphatic rings. The van der Waals surface area contributed by atoms with Crippen LogP contribution in [0.5, 0.6) is 0 Å². The van der Waals surface area contributed by atoms with Crippen molar-refractivity contribution in [2.45, 2.75) is 26.4 Å². The molecule has 0 spiro atoms. The first kappa shape index (κ1) is 14.5. The molecule has 0 unspecified atom stereocenters. The molecule has 4 nitrogen and oxygen atoms in total. The molecule has 20 heavy (non-hydrogen) atoms. The highest BCUT2D eigenvalue weighted by Crippen LogP contribution is 2.24. The van der Waals surface area contributed by atoms with E-state index in [2.05, 4.69) is 5.32 Å². The number of hydrogen-bond acceptors (Lipinski definition) is 4. The Hall–Kier alpha value is -1.88. The first-order chi connectivity index (χ1) is 9.56. The average molecular weight is 291 g/mol.